The zero-order valence-corrected chi connectivity index (χ0v) is 13.0. The molecule has 0 aliphatic rings. The van der Waals surface area contributed by atoms with E-state index in [-0.39, 0.29) is 5.56 Å². The van der Waals surface area contributed by atoms with Crippen molar-refractivity contribution in [1.82, 2.24) is 9.55 Å². The molecule has 3 rings (SSSR count). The summed E-state index contributed by atoms with van der Waals surface area (Å²) in [5.74, 6) is 0. The Hall–Kier alpha value is -1.84. The molecule has 21 heavy (non-hydrogen) atoms. The Labute approximate surface area is 131 Å². The summed E-state index contributed by atoms with van der Waals surface area (Å²) in [5, 5.41) is 1.52. The molecule has 106 valence electrons. The molecule has 5 heteroatoms. The summed E-state index contributed by atoms with van der Waals surface area (Å²) >= 11 is 12.4. The largest absolute Gasteiger partial charge is 0.302 e. The van der Waals surface area contributed by atoms with Gasteiger partial charge in [0.15, 0.2) is 0 Å². The molecule has 1 aromatic heterocycles. The van der Waals surface area contributed by atoms with Crippen LogP contribution >= 0.6 is 23.2 Å². The van der Waals surface area contributed by atoms with Gasteiger partial charge in [-0.05, 0) is 30.7 Å². The second kappa shape index (κ2) is 5.17. The second-order valence-corrected chi connectivity index (χ2v) is 5.76. The first kappa shape index (κ1) is 14.1. The number of hydrogen-bond donors (Lipinski definition) is 0. The van der Waals surface area contributed by atoms with Crippen LogP contribution in [0.2, 0.25) is 10.0 Å². The number of rotatable bonds is 1. The van der Waals surface area contributed by atoms with Gasteiger partial charge < -0.3 is 4.57 Å². The second-order valence-electron chi connectivity index (χ2n) is 4.97. The van der Waals surface area contributed by atoms with Crippen LogP contribution < -0.4 is 5.56 Å². The quantitative estimate of drug-likeness (QED) is 0.673. The van der Waals surface area contributed by atoms with Crippen LogP contribution in [0.15, 0.2) is 41.5 Å². The summed E-state index contributed by atoms with van der Waals surface area (Å²) in [7, 11) is 1.68. The maximum Gasteiger partial charge on any atom is 0.260 e. The van der Waals surface area contributed by atoms with Gasteiger partial charge in [-0.15, -0.1) is 0 Å². The van der Waals surface area contributed by atoms with Crippen LogP contribution in [0.3, 0.4) is 0 Å². The van der Waals surface area contributed by atoms with Gasteiger partial charge in [-0.25, -0.2) is 4.98 Å². The molecule has 0 amide bonds. The van der Waals surface area contributed by atoms with Crippen LogP contribution in [0.25, 0.3) is 22.0 Å². The lowest BCUT2D eigenvalue weighted by Gasteiger charge is -2.11. The lowest BCUT2D eigenvalue weighted by atomic mass is 10.00. The number of aryl methyl sites for hydroxylation is 2. The first-order chi connectivity index (χ1) is 9.99. The molecule has 0 spiro atoms. The van der Waals surface area contributed by atoms with Crippen molar-refractivity contribution in [3.05, 3.63) is 62.6 Å². The van der Waals surface area contributed by atoms with Crippen molar-refractivity contribution in [2.45, 2.75) is 6.92 Å². The first-order valence-electron chi connectivity index (χ1n) is 6.39. The fourth-order valence-electron chi connectivity index (χ4n) is 2.38. The third kappa shape index (κ3) is 2.33. The molecule has 3 nitrogen and oxygen atoms in total. The van der Waals surface area contributed by atoms with E-state index in [9.17, 15) is 4.79 Å². The average Bonchev–Trinajstić information content (AvgIpc) is 2.46. The van der Waals surface area contributed by atoms with Crippen LogP contribution in [-0.2, 0) is 7.05 Å². The van der Waals surface area contributed by atoms with Crippen molar-refractivity contribution in [2.75, 3.05) is 0 Å². The highest BCUT2D eigenvalue weighted by atomic mass is 35.5. The summed E-state index contributed by atoms with van der Waals surface area (Å²) in [6.07, 6.45) is 1.52. The molecule has 0 fully saturated rings. The Bertz CT molecular complexity index is 916. The van der Waals surface area contributed by atoms with Gasteiger partial charge in [0.2, 0.25) is 0 Å². The van der Waals surface area contributed by atoms with E-state index in [2.05, 4.69) is 4.98 Å². The third-order valence-corrected chi connectivity index (χ3v) is 4.23. The topological polar surface area (TPSA) is 34.9 Å². The van der Waals surface area contributed by atoms with E-state index in [1.165, 1.54) is 10.9 Å². The van der Waals surface area contributed by atoms with Gasteiger partial charge in [0.1, 0.15) is 0 Å². The monoisotopic (exact) mass is 318 g/mol. The number of nitrogens with zero attached hydrogens (tertiary/aromatic N) is 2. The molecule has 0 bridgehead atoms. The minimum absolute atomic E-state index is 0.0805. The fourth-order valence-corrected chi connectivity index (χ4v) is 2.79. The number of aromatic nitrogens is 2. The summed E-state index contributed by atoms with van der Waals surface area (Å²) in [6.45, 7) is 1.94. The maximum atomic E-state index is 12.3. The van der Waals surface area contributed by atoms with Crippen LogP contribution in [0, 0.1) is 6.92 Å². The molecule has 0 saturated heterocycles. The zero-order chi connectivity index (χ0) is 15.1. The highest BCUT2D eigenvalue weighted by molar-refractivity contribution is 6.43. The molecule has 1 heterocycles. The first-order valence-corrected chi connectivity index (χ1v) is 7.15. The van der Waals surface area contributed by atoms with Gasteiger partial charge in [-0.3, -0.25) is 4.79 Å². The number of hydrogen-bond acceptors (Lipinski definition) is 2. The Balaban J connectivity index is 2.46. The van der Waals surface area contributed by atoms with Gasteiger partial charge in [-0.2, -0.15) is 0 Å². The molecule has 3 aromatic rings. The van der Waals surface area contributed by atoms with Crippen molar-refractivity contribution in [1.29, 1.82) is 0 Å². The van der Waals surface area contributed by atoms with E-state index < -0.39 is 0 Å². The van der Waals surface area contributed by atoms with E-state index in [4.69, 9.17) is 23.2 Å². The van der Waals surface area contributed by atoms with Crippen molar-refractivity contribution >= 4 is 34.1 Å². The lowest BCUT2D eigenvalue weighted by Crippen LogP contribution is -2.17. The Morgan fingerprint density at radius 1 is 1.14 bits per heavy atom. The minimum Gasteiger partial charge on any atom is -0.302 e. The molecule has 0 unspecified atom stereocenters. The van der Waals surface area contributed by atoms with Gasteiger partial charge in [-0.1, -0.05) is 35.3 Å². The minimum atomic E-state index is -0.0805. The number of fused-ring (bicyclic) bond motifs is 1. The van der Waals surface area contributed by atoms with E-state index in [0.29, 0.717) is 20.9 Å². The van der Waals surface area contributed by atoms with E-state index in [0.717, 1.165) is 16.7 Å². The molecule has 0 aliphatic carbocycles. The van der Waals surface area contributed by atoms with Gasteiger partial charge in [0, 0.05) is 18.2 Å². The van der Waals surface area contributed by atoms with Crippen LogP contribution in [0.4, 0.5) is 0 Å². The maximum absolute atomic E-state index is 12.3. The zero-order valence-electron chi connectivity index (χ0n) is 11.5. The Morgan fingerprint density at radius 2 is 1.90 bits per heavy atom. The molecular formula is C16H12Cl2N2O. The summed E-state index contributed by atoms with van der Waals surface area (Å²) in [4.78, 5) is 16.7. The van der Waals surface area contributed by atoms with E-state index in [1.54, 1.807) is 13.1 Å². The van der Waals surface area contributed by atoms with Crippen molar-refractivity contribution < 1.29 is 0 Å². The smallest absolute Gasteiger partial charge is 0.260 e. The molecule has 0 saturated carbocycles. The average molecular weight is 319 g/mol. The van der Waals surface area contributed by atoms with Crippen molar-refractivity contribution in [3.8, 4) is 11.1 Å². The lowest BCUT2D eigenvalue weighted by molar-refractivity contribution is 0.843. The SMILES string of the molecule is Cc1cc(-c2cccc(Cl)c2Cl)c2ncn(C)c(=O)c2c1. The number of benzene rings is 2. The molecule has 2 aromatic carbocycles. The molecular weight excluding hydrogens is 307 g/mol. The standard InChI is InChI=1S/C16H12Cl2N2O/c1-9-6-11(10-4-3-5-13(17)14(10)18)15-12(7-9)16(21)20(2)8-19-15/h3-8H,1-2H3. The summed E-state index contributed by atoms with van der Waals surface area (Å²) in [6, 6.07) is 9.25. The van der Waals surface area contributed by atoms with Crippen molar-refractivity contribution in [2.24, 2.45) is 7.05 Å². The van der Waals surface area contributed by atoms with Gasteiger partial charge >= 0.3 is 0 Å². The van der Waals surface area contributed by atoms with Crippen LogP contribution in [0.1, 0.15) is 5.56 Å². The highest BCUT2D eigenvalue weighted by Crippen LogP contribution is 2.36. The molecule has 0 atom stereocenters. The predicted molar refractivity (Wildman–Crippen MR) is 87.2 cm³/mol. The molecule has 0 N–H and O–H groups in total. The number of halogens is 2. The van der Waals surface area contributed by atoms with E-state index in [1.807, 2.05) is 31.2 Å². The molecule has 0 radical (unpaired) electrons. The van der Waals surface area contributed by atoms with Crippen LogP contribution in [0.5, 0.6) is 0 Å². The third-order valence-electron chi connectivity index (χ3n) is 3.41. The highest BCUT2D eigenvalue weighted by Gasteiger charge is 2.13. The predicted octanol–water partition coefficient (Wildman–Crippen LogP) is 4.22. The van der Waals surface area contributed by atoms with E-state index >= 15 is 0 Å². The molecule has 0 aliphatic heterocycles. The van der Waals surface area contributed by atoms with Gasteiger partial charge in [0.05, 0.1) is 27.3 Å². The van der Waals surface area contributed by atoms with Gasteiger partial charge in [0.25, 0.3) is 5.56 Å². The summed E-state index contributed by atoms with van der Waals surface area (Å²) < 4.78 is 1.46. The fraction of sp³-hybridized carbons (Fsp3) is 0.125. The van der Waals surface area contributed by atoms with Crippen molar-refractivity contribution in [3.63, 3.8) is 0 Å². The Kier molecular flexibility index (Phi) is 3.47. The van der Waals surface area contributed by atoms with Crippen LogP contribution in [-0.4, -0.2) is 9.55 Å². The summed E-state index contributed by atoms with van der Waals surface area (Å²) in [5.41, 5.74) is 3.11. The Morgan fingerprint density at radius 3 is 2.67 bits per heavy atom. The normalized spacial score (nSPS) is 11.0.